The Morgan fingerprint density at radius 2 is 1.84 bits per heavy atom. The van der Waals surface area contributed by atoms with Crippen molar-refractivity contribution in [2.24, 2.45) is 0 Å². The molecular formula is C23H32N4O3S. The van der Waals surface area contributed by atoms with E-state index in [0.29, 0.717) is 5.75 Å². The molecular weight excluding hydrogens is 412 g/mol. The van der Waals surface area contributed by atoms with Crippen molar-refractivity contribution in [1.82, 2.24) is 20.4 Å². The first-order valence-electron chi connectivity index (χ1n) is 10.7. The summed E-state index contributed by atoms with van der Waals surface area (Å²) in [5.74, 6) is -0.574. The Morgan fingerprint density at radius 1 is 1.10 bits per heavy atom. The number of thiophene rings is 1. The molecule has 0 aliphatic carbocycles. The van der Waals surface area contributed by atoms with Gasteiger partial charge in [0.1, 0.15) is 5.75 Å². The first-order chi connectivity index (χ1) is 15.0. The predicted molar refractivity (Wildman–Crippen MR) is 123 cm³/mol. The molecule has 1 aliphatic heterocycles. The number of ether oxygens (including phenoxy) is 1. The van der Waals surface area contributed by atoms with E-state index in [0.717, 1.165) is 38.3 Å². The molecule has 2 heterocycles. The van der Waals surface area contributed by atoms with Gasteiger partial charge in [0.05, 0.1) is 13.2 Å². The van der Waals surface area contributed by atoms with Crippen molar-refractivity contribution in [3.8, 4) is 5.75 Å². The maximum atomic E-state index is 12.6. The van der Waals surface area contributed by atoms with Gasteiger partial charge < -0.3 is 20.3 Å². The van der Waals surface area contributed by atoms with Crippen LogP contribution < -0.4 is 15.4 Å². The van der Waals surface area contributed by atoms with E-state index in [2.05, 4.69) is 38.8 Å². The monoisotopic (exact) mass is 444 g/mol. The average Bonchev–Trinajstić information content (AvgIpc) is 3.32. The molecule has 2 aromatic rings. The van der Waals surface area contributed by atoms with E-state index in [1.54, 1.807) is 18.4 Å². The minimum Gasteiger partial charge on any atom is -0.496 e. The van der Waals surface area contributed by atoms with Crippen molar-refractivity contribution in [2.45, 2.75) is 32.5 Å². The summed E-state index contributed by atoms with van der Waals surface area (Å²) in [4.78, 5) is 31.1. The number of hydrogen-bond acceptors (Lipinski definition) is 6. The van der Waals surface area contributed by atoms with Crippen LogP contribution in [0.4, 0.5) is 0 Å². The van der Waals surface area contributed by atoms with Crippen LogP contribution in [0.1, 0.15) is 30.3 Å². The van der Waals surface area contributed by atoms with Crippen molar-refractivity contribution < 1.29 is 14.3 Å². The number of benzene rings is 1. The third-order valence-corrected chi connectivity index (χ3v) is 6.70. The van der Waals surface area contributed by atoms with Crippen LogP contribution in [0.25, 0.3) is 0 Å². The minimum absolute atomic E-state index is 0.0463. The summed E-state index contributed by atoms with van der Waals surface area (Å²) in [7, 11) is 1.58. The largest absolute Gasteiger partial charge is 0.496 e. The molecule has 1 aliphatic rings. The smallest absolute Gasteiger partial charge is 0.309 e. The van der Waals surface area contributed by atoms with Gasteiger partial charge in [0.15, 0.2) is 0 Å². The summed E-state index contributed by atoms with van der Waals surface area (Å²) in [6.45, 7) is 9.35. The highest BCUT2D eigenvalue weighted by atomic mass is 32.1. The van der Waals surface area contributed by atoms with Crippen LogP contribution in [0.2, 0.25) is 0 Å². The number of carbonyl (C=O) groups is 2. The molecule has 0 bridgehead atoms. The molecule has 2 atom stereocenters. The van der Waals surface area contributed by atoms with Gasteiger partial charge in [-0.15, -0.1) is 11.3 Å². The van der Waals surface area contributed by atoms with Gasteiger partial charge in [-0.1, -0.05) is 31.2 Å². The molecule has 1 fully saturated rings. The number of hydrogen-bond donors (Lipinski definition) is 2. The fraction of sp³-hybridized carbons (Fsp3) is 0.478. The molecule has 31 heavy (non-hydrogen) atoms. The third-order valence-electron chi connectivity index (χ3n) is 5.75. The van der Waals surface area contributed by atoms with E-state index in [9.17, 15) is 9.59 Å². The maximum Gasteiger partial charge on any atom is 0.309 e. The van der Waals surface area contributed by atoms with Gasteiger partial charge in [-0.2, -0.15) is 0 Å². The number of rotatable bonds is 8. The first-order valence-corrected chi connectivity index (χ1v) is 11.6. The number of para-hydroxylation sites is 1. The molecule has 3 rings (SSSR count). The number of amides is 2. The average molecular weight is 445 g/mol. The number of nitrogens with one attached hydrogen (secondary N) is 2. The van der Waals surface area contributed by atoms with E-state index < -0.39 is 11.8 Å². The SMILES string of the molecule is CCN1CCN([C@@H](c2cccs2)[C@H](C)NC(=O)C(=O)NCc2ccccc2OC)CC1. The van der Waals surface area contributed by atoms with Gasteiger partial charge in [0, 0.05) is 49.2 Å². The Labute approximate surface area is 188 Å². The normalized spacial score (nSPS) is 17.0. The van der Waals surface area contributed by atoms with Crippen molar-refractivity contribution >= 4 is 23.2 Å². The summed E-state index contributed by atoms with van der Waals surface area (Å²) in [5.41, 5.74) is 0.824. The Hall–Kier alpha value is -2.42. The van der Waals surface area contributed by atoms with Gasteiger partial charge in [0.2, 0.25) is 0 Å². The Kier molecular flexibility index (Phi) is 8.45. The lowest BCUT2D eigenvalue weighted by atomic mass is 10.0. The number of piperazine rings is 1. The second kappa shape index (κ2) is 11.3. The van der Waals surface area contributed by atoms with Crippen LogP contribution in [0.3, 0.4) is 0 Å². The fourth-order valence-electron chi connectivity index (χ4n) is 4.02. The summed E-state index contributed by atoms with van der Waals surface area (Å²) in [5, 5.41) is 7.68. The van der Waals surface area contributed by atoms with E-state index in [1.807, 2.05) is 37.3 Å². The molecule has 2 amide bonds. The zero-order valence-corrected chi connectivity index (χ0v) is 19.3. The van der Waals surface area contributed by atoms with Crippen LogP contribution in [-0.4, -0.2) is 67.5 Å². The Balaban J connectivity index is 1.60. The molecule has 1 aromatic carbocycles. The highest BCUT2D eigenvalue weighted by Crippen LogP contribution is 2.29. The molecule has 0 unspecified atom stereocenters. The number of likely N-dealkylation sites (N-methyl/N-ethyl adjacent to an activating group) is 1. The predicted octanol–water partition coefficient (Wildman–Crippen LogP) is 2.26. The van der Waals surface area contributed by atoms with Crippen molar-refractivity contribution in [2.75, 3.05) is 39.8 Å². The topological polar surface area (TPSA) is 73.9 Å². The van der Waals surface area contributed by atoms with E-state index >= 15 is 0 Å². The van der Waals surface area contributed by atoms with E-state index in [4.69, 9.17) is 4.74 Å². The molecule has 1 saturated heterocycles. The second-order valence-corrected chi connectivity index (χ2v) is 8.67. The molecule has 0 saturated carbocycles. The Morgan fingerprint density at radius 3 is 2.48 bits per heavy atom. The first kappa shape index (κ1) is 23.2. The summed E-state index contributed by atoms with van der Waals surface area (Å²) in [6.07, 6.45) is 0. The van der Waals surface area contributed by atoms with Gasteiger partial charge in [-0.25, -0.2) is 0 Å². The zero-order chi connectivity index (χ0) is 22.2. The van der Waals surface area contributed by atoms with Crippen molar-refractivity contribution in [3.05, 3.63) is 52.2 Å². The number of carbonyl (C=O) groups excluding carboxylic acids is 2. The molecule has 7 nitrogen and oxygen atoms in total. The molecule has 2 N–H and O–H groups in total. The van der Waals surface area contributed by atoms with Gasteiger partial charge in [-0.05, 0) is 31.0 Å². The number of nitrogens with zero attached hydrogens (tertiary/aromatic N) is 2. The lowest BCUT2D eigenvalue weighted by Gasteiger charge is -2.41. The third kappa shape index (κ3) is 6.06. The van der Waals surface area contributed by atoms with Crippen LogP contribution in [0.15, 0.2) is 41.8 Å². The Bertz CT molecular complexity index is 850. The van der Waals surface area contributed by atoms with Crippen LogP contribution in [0.5, 0.6) is 5.75 Å². The highest BCUT2D eigenvalue weighted by Gasteiger charge is 2.31. The molecule has 1 aromatic heterocycles. The zero-order valence-electron chi connectivity index (χ0n) is 18.5. The van der Waals surface area contributed by atoms with Crippen molar-refractivity contribution in [1.29, 1.82) is 0 Å². The lowest BCUT2D eigenvalue weighted by molar-refractivity contribution is -0.140. The fourth-order valence-corrected chi connectivity index (χ4v) is 4.98. The van der Waals surface area contributed by atoms with Gasteiger partial charge in [0.25, 0.3) is 0 Å². The lowest BCUT2D eigenvalue weighted by Crippen LogP contribution is -2.53. The van der Waals surface area contributed by atoms with E-state index in [1.165, 1.54) is 4.88 Å². The number of methoxy groups -OCH3 is 1. The van der Waals surface area contributed by atoms with Crippen LogP contribution in [0, 0.1) is 0 Å². The summed E-state index contributed by atoms with van der Waals surface area (Å²) in [6, 6.07) is 11.4. The second-order valence-electron chi connectivity index (χ2n) is 7.69. The van der Waals surface area contributed by atoms with Crippen LogP contribution in [-0.2, 0) is 16.1 Å². The molecule has 0 radical (unpaired) electrons. The molecule has 168 valence electrons. The van der Waals surface area contributed by atoms with E-state index in [-0.39, 0.29) is 18.6 Å². The van der Waals surface area contributed by atoms with Gasteiger partial charge >= 0.3 is 11.8 Å². The molecule has 8 heteroatoms. The maximum absolute atomic E-state index is 12.6. The summed E-state index contributed by atoms with van der Waals surface area (Å²) < 4.78 is 5.30. The quantitative estimate of drug-likeness (QED) is 0.611. The minimum atomic E-state index is -0.640. The molecule has 0 spiro atoms. The van der Waals surface area contributed by atoms with Crippen LogP contribution >= 0.6 is 11.3 Å². The standard InChI is InChI=1S/C23H32N4O3S/c1-4-26-11-13-27(14-12-26)21(20-10-7-15-31-20)17(2)25-23(29)22(28)24-16-18-8-5-6-9-19(18)30-3/h5-10,15,17,21H,4,11-14,16H2,1-3H3,(H,24,28)(H,25,29)/t17-,21+/m0/s1. The highest BCUT2D eigenvalue weighted by molar-refractivity contribution is 7.10. The van der Waals surface area contributed by atoms with Crippen molar-refractivity contribution in [3.63, 3.8) is 0 Å². The van der Waals surface area contributed by atoms with Gasteiger partial charge in [-0.3, -0.25) is 14.5 Å². The summed E-state index contributed by atoms with van der Waals surface area (Å²) >= 11 is 1.69.